The molecule has 1 unspecified atom stereocenters. The van der Waals surface area contributed by atoms with Crippen LogP contribution in [0.4, 0.5) is 0 Å². The molecule has 0 N–H and O–H groups in total. The lowest BCUT2D eigenvalue weighted by molar-refractivity contribution is 0.0520. The van der Waals surface area contributed by atoms with Gasteiger partial charge in [-0.25, -0.2) is 0 Å². The number of carbonyl (C=O) groups is 1. The van der Waals surface area contributed by atoms with E-state index in [1.54, 1.807) is 4.90 Å². The third-order valence-corrected chi connectivity index (χ3v) is 4.28. The lowest BCUT2D eigenvalue weighted by Gasteiger charge is -2.30. The van der Waals surface area contributed by atoms with Gasteiger partial charge in [0.15, 0.2) is 17.6 Å². The number of aryl methyl sites for hydroxylation is 3. The molecular weight excluding hydrogens is 302 g/mol. The number of ether oxygens (including phenoxy) is 2. The molecule has 0 saturated carbocycles. The van der Waals surface area contributed by atoms with Crippen LogP contribution in [0.2, 0.25) is 0 Å². The predicted molar refractivity (Wildman–Crippen MR) is 94.0 cm³/mol. The van der Waals surface area contributed by atoms with Gasteiger partial charge in [-0.3, -0.25) is 4.79 Å². The number of fused-ring (bicyclic) bond motifs is 1. The standard InChI is InChI=1S/C20H23NO3/c1-13-9-14(2)19(15(3)10-13)20(22)21(4)11-16-12-23-17-7-5-6-8-18(17)24-16/h5-10,16H,11-12H2,1-4H3. The van der Waals surface area contributed by atoms with Crippen molar-refractivity contribution in [3.05, 3.63) is 58.7 Å². The monoisotopic (exact) mass is 325 g/mol. The summed E-state index contributed by atoms with van der Waals surface area (Å²) in [6.07, 6.45) is -0.167. The zero-order valence-corrected chi connectivity index (χ0v) is 14.6. The minimum Gasteiger partial charge on any atom is -0.486 e. The average Bonchev–Trinajstić information content (AvgIpc) is 2.53. The fourth-order valence-corrected chi connectivity index (χ4v) is 3.25. The Balaban J connectivity index is 1.72. The molecule has 0 radical (unpaired) electrons. The van der Waals surface area contributed by atoms with Crippen molar-refractivity contribution >= 4 is 5.91 Å². The molecule has 24 heavy (non-hydrogen) atoms. The summed E-state index contributed by atoms with van der Waals surface area (Å²) < 4.78 is 11.7. The first-order valence-electron chi connectivity index (χ1n) is 8.17. The number of carbonyl (C=O) groups excluding carboxylic acids is 1. The molecule has 0 fully saturated rings. The Hall–Kier alpha value is -2.49. The third kappa shape index (κ3) is 3.23. The Labute approximate surface area is 143 Å². The third-order valence-electron chi connectivity index (χ3n) is 4.28. The number of hydrogen-bond acceptors (Lipinski definition) is 3. The number of rotatable bonds is 3. The van der Waals surface area contributed by atoms with Crippen LogP contribution in [-0.4, -0.2) is 37.1 Å². The molecule has 2 aromatic rings. The van der Waals surface area contributed by atoms with E-state index in [0.29, 0.717) is 13.2 Å². The second-order valence-corrected chi connectivity index (χ2v) is 6.46. The van der Waals surface area contributed by atoms with Crippen molar-refractivity contribution in [2.24, 2.45) is 0 Å². The first kappa shape index (κ1) is 16.4. The van der Waals surface area contributed by atoms with E-state index in [0.717, 1.165) is 28.2 Å². The molecule has 0 spiro atoms. The maximum absolute atomic E-state index is 12.8. The molecular formula is C20H23NO3. The van der Waals surface area contributed by atoms with Gasteiger partial charge in [0.2, 0.25) is 0 Å². The van der Waals surface area contributed by atoms with Gasteiger partial charge >= 0.3 is 0 Å². The molecule has 1 aliphatic rings. The summed E-state index contributed by atoms with van der Waals surface area (Å²) in [5.74, 6) is 1.51. The number of benzene rings is 2. The molecule has 126 valence electrons. The molecule has 1 atom stereocenters. The number of nitrogens with zero attached hydrogens (tertiary/aromatic N) is 1. The quantitative estimate of drug-likeness (QED) is 0.866. The smallest absolute Gasteiger partial charge is 0.254 e. The second-order valence-electron chi connectivity index (χ2n) is 6.46. The maximum Gasteiger partial charge on any atom is 0.254 e. The molecule has 0 saturated heterocycles. The highest BCUT2D eigenvalue weighted by Gasteiger charge is 2.25. The summed E-state index contributed by atoms with van der Waals surface area (Å²) in [5.41, 5.74) is 3.97. The van der Waals surface area contributed by atoms with Gasteiger partial charge in [0.25, 0.3) is 5.91 Å². The molecule has 0 bridgehead atoms. The van der Waals surface area contributed by atoms with Gasteiger partial charge in [-0.15, -0.1) is 0 Å². The summed E-state index contributed by atoms with van der Waals surface area (Å²) in [6, 6.07) is 11.7. The van der Waals surface area contributed by atoms with Gasteiger partial charge in [-0.1, -0.05) is 29.8 Å². The van der Waals surface area contributed by atoms with Crippen LogP contribution in [0.1, 0.15) is 27.0 Å². The van der Waals surface area contributed by atoms with Gasteiger partial charge in [0.05, 0.1) is 6.54 Å². The Kier molecular flexibility index (Phi) is 4.47. The van der Waals surface area contributed by atoms with Crippen LogP contribution in [0.5, 0.6) is 11.5 Å². The van der Waals surface area contributed by atoms with Crippen molar-refractivity contribution in [3.63, 3.8) is 0 Å². The largest absolute Gasteiger partial charge is 0.486 e. The van der Waals surface area contributed by atoms with Crippen molar-refractivity contribution < 1.29 is 14.3 Å². The molecule has 3 rings (SSSR count). The van der Waals surface area contributed by atoms with Crippen LogP contribution >= 0.6 is 0 Å². The van der Waals surface area contributed by atoms with Crippen molar-refractivity contribution in [1.29, 1.82) is 0 Å². The van der Waals surface area contributed by atoms with Gasteiger partial charge in [-0.2, -0.15) is 0 Å². The lowest BCUT2D eigenvalue weighted by atomic mass is 9.99. The number of likely N-dealkylation sites (N-methyl/N-ethyl adjacent to an activating group) is 1. The van der Waals surface area contributed by atoms with E-state index in [-0.39, 0.29) is 12.0 Å². The van der Waals surface area contributed by atoms with Crippen LogP contribution in [-0.2, 0) is 0 Å². The van der Waals surface area contributed by atoms with E-state index in [4.69, 9.17) is 9.47 Å². The van der Waals surface area contributed by atoms with E-state index >= 15 is 0 Å². The van der Waals surface area contributed by atoms with E-state index < -0.39 is 0 Å². The topological polar surface area (TPSA) is 38.8 Å². The van der Waals surface area contributed by atoms with Gasteiger partial charge in [0, 0.05) is 12.6 Å². The van der Waals surface area contributed by atoms with Crippen molar-refractivity contribution in [1.82, 2.24) is 4.90 Å². The Morgan fingerprint density at radius 3 is 2.42 bits per heavy atom. The average molecular weight is 325 g/mol. The maximum atomic E-state index is 12.8. The molecule has 2 aromatic carbocycles. The number of amides is 1. The van der Waals surface area contributed by atoms with E-state index in [9.17, 15) is 4.79 Å². The van der Waals surface area contributed by atoms with Crippen LogP contribution in [0.15, 0.2) is 36.4 Å². The predicted octanol–water partition coefficient (Wildman–Crippen LogP) is 3.52. The highest BCUT2D eigenvalue weighted by Crippen LogP contribution is 2.31. The van der Waals surface area contributed by atoms with Gasteiger partial charge < -0.3 is 14.4 Å². The van der Waals surface area contributed by atoms with Gasteiger partial charge in [-0.05, 0) is 44.0 Å². The highest BCUT2D eigenvalue weighted by molar-refractivity contribution is 5.97. The van der Waals surface area contributed by atoms with Gasteiger partial charge in [0.1, 0.15) is 6.61 Å². The van der Waals surface area contributed by atoms with Crippen molar-refractivity contribution in [3.8, 4) is 11.5 Å². The lowest BCUT2D eigenvalue weighted by Crippen LogP contribution is -2.42. The van der Waals surface area contributed by atoms with Crippen molar-refractivity contribution in [2.75, 3.05) is 20.2 Å². The summed E-state index contributed by atoms with van der Waals surface area (Å²) in [6.45, 7) is 6.94. The summed E-state index contributed by atoms with van der Waals surface area (Å²) >= 11 is 0. The summed E-state index contributed by atoms with van der Waals surface area (Å²) in [7, 11) is 1.81. The fraction of sp³-hybridized carbons (Fsp3) is 0.350. The van der Waals surface area contributed by atoms with Crippen molar-refractivity contribution in [2.45, 2.75) is 26.9 Å². The molecule has 1 aliphatic heterocycles. The van der Waals surface area contributed by atoms with E-state index in [2.05, 4.69) is 0 Å². The van der Waals surface area contributed by atoms with Crippen LogP contribution in [0.25, 0.3) is 0 Å². The zero-order chi connectivity index (χ0) is 17.3. The van der Waals surface area contributed by atoms with E-state index in [1.807, 2.05) is 64.2 Å². The minimum absolute atomic E-state index is 0.0208. The summed E-state index contributed by atoms with van der Waals surface area (Å²) in [4.78, 5) is 14.6. The zero-order valence-electron chi connectivity index (χ0n) is 14.6. The van der Waals surface area contributed by atoms with Crippen LogP contribution in [0, 0.1) is 20.8 Å². The molecule has 4 nitrogen and oxygen atoms in total. The molecule has 4 heteroatoms. The Bertz CT molecular complexity index is 746. The normalized spacial score (nSPS) is 15.9. The molecule has 0 aliphatic carbocycles. The van der Waals surface area contributed by atoms with Crippen LogP contribution in [0.3, 0.4) is 0 Å². The Morgan fingerprint density at radius 1 is 1.12 bits per heavy atom. The summed E-state index contributed by atoms with van der Waals surface area (Å²) in [5, 5.41) is 0. The van der Waals surface area contributed by atoms with Crippen LogP contribution < -0.4 is 9.47 Å². The number of para-hydroxylation sites is 2. The fourth-order valence-electron chi connectivity index (χ4n) is 3.25. The first-order valence-corrected chi connectivity index (χ1v) is 8.17. The SMILES string of the molecule is Cc1cc(C)c(C(=O)N(C)CC2COc3ccccc3O2)c(C)c1. The molecule has 1 heterocycles. The first-order chi connectivity index (χ1) is 11.5. The highest BCUT2D eigenvalue weighted by atomic mass is 16.6. The second kappa shape index (κ2) is 6.56. The van der Waals surface area contributed by atoms with E-state index in [1.165, 1.54) is 5.56 Å². The molecule has 1 amide bonds. The number of hydrogen-bond donors (Lipinski definition) is 0. The Morgan fingerprint density at radius 2 is 1.75 bits per heavy atom. The minimum atomic E-state index is -0.167. The molecule has 0 aromatic heterocycles.